The third kappa shape index (κ3) is 3.95. The Kier molecular flexibility index (Phi) is 6.48. The average Bonchev–Trinajstić information content (AvgIpc) is 2.48. The second kappa shape index (κ2) is 7.87. The van der Waals surface area contributed by atoms with Crippen molar-refractivity contribution in [1.29, 1.82) is 0 Å². The van der Waals surface area contributed by atoms with E-state index in [0.717, 1.165) is 11.3 Å². The molecule has 0 saturated heterocycles. The molecule has 2 atom stereocenters. The fraction of sp³-hybridized carbons (Fsp3) is 0.533. The van der Waals surface area contributed by atoms with Gasteiger partial charge in [-0.15, -0.1) is 0 Å². The molecule has 0 bridgehead atoms. The van der Waals surface area contributed by atoms with Gasteiger partial charge in [0.1, 0.15) is 11.8 Å². The number of methoxy groups -OCH3 is 2. The largest absolute Gasteiger partial charge is 0.497 e. The van der Waals surface area contributed by atoms with Crippen LogP contribution in [0.5, 0.6) is 5.75 Å². The van der Waals surface area contributed by atoms with Crippen molar-refractivity contribution in [3.05, 3.63) is 29.8 Å². The molecule has 0 saturated carbocycles. The van der Waals surface area contributed by atoms with Gasteiger partial charge in [0, 0.05) is 13.7 Å². The topological polar surface area (TPSA) is 64.8 Å². The minimum Gasteiger partial charge on any atom is -0.497 e. The van der Waals surface area contributed by atoms with E-state index in [2.05, 4.69) is 0 Å². The number of benzene rings is 1. The van der Waals surface area contributed by atoms with E-state index < -0.39 is 6.04 Å². The van der Waals surface area contributed by atoms with Crippen LogP contribution in [0, 0.1) is 0 Å². The maximum atomic E-state index is 12.3. The summed E-state index contributed by atoms with van der Waals surface area (Å²) in [6.45, 7) is 4.73. The highest BCUT2D eigenvalue weighted by Gasteiger charge is 2.25. The smallest absolute Gasteiger partial charge is 0.242 e. The van der Waals surface area contributed by atoms with Crippen molar-refractivity contribution in [2.75, 3.05) is 27.4 Å². The zero-order valence-electron chi connectivity index (χ0n) is 12.6. The van der Waals surface area contributed by atoms with E-state index in [1.807, 2.05) is 38.1 Å². The fourth-order valence-corrected chi connectivity index (χ4v) is 2.17. The van der Waals surface area contributed by atoms with Gasteiger partial charge in [-0.05, 0) is 31.5 Å². The van der Waals surface area contributed by atoms with E-state index in [0.29, 0.717) is 6.54 Å². The molecule has 0 aliphatic carbocycles. The first-order valence-corrected chi connectivity index (χ1v) is 6.74. The monoisotopic (exact) mass is 280 g/mol. The molecule has 1 amide bonds. The Bertz CT molecular complexity index is 437. The van der Waals surface area contributed by atoms with Gasteiger partial charge in [0.25, 0.3) is 0 Å². The first kappa shape index (κ1) is 16.5. The van der Waals surface area contributed by atoms with Crippen LogP contribution in [0.3, 0.4) is 0 Å². The van der Waals surface area contributed by atoms with Crippen LogP contribution in [0.1, 0.15) is 25.5 Å². The highest BCUT2D eigenvalue weighted by molar-refractivity contribution is 5.82. The minimum atomic E-state index is -0.631. The Morgan fingerprint density at radius 1 is 1.40 bits per heavy atom. The Labute approximate surface area is 120 Å². The summed E-state index contributed by atoms with van der Waals surface area (Å²) < 4.78 is 10.2. The van der Waals surface area contributed by atoms with E-state index in [9.17, 15) is 4.79 Å². The van der Waals surface area contributed by atoms with Gasteiger partial charge in [0.15, 0.2) is 0 Å². The van der Waals surface area contributed by atoms with Crippen molar-refractivity contribution < 1.29 is 14.3 Å². The van der Waals surface area contributed by atoms with Crippen LogP contribution < -0.4 is 10.5 Å². The molecule has 0 aromatic heterocycles. The summed E-state index contributed by atoms with van der Waals surface area (Å²) in [6.07, 6.45) is 0. The molecule has 0 radical (unpaired) electrons. The number of hydrogen-bond acceptors (Lipinski definition) is 4. The zero-order chi connectivity index (χ0) is 15.1. The van der Waals surface area contributed by atoms with Crippen LogP contribution in [-0.2, 0) is 9.53 Å². The van der Waals surface area contributed by atoms with Crippen LogP contribution in [-0.4, -0.2) is 44.2 Å². The lowest BCUT2D eigenvalue weighted by atomic mass is 10.1. The van der Waals surface area contributed by atoms with E-state index >= 15 is 0 Å². The Hall–Kier alpha value is -1.59. The maximum Gasteiger partial charge on any atom is 0.242 e. The second-order valence-electron chi connectivity index (χ2n) is 4.64. The zero-order valence-corrected chi connectivity index (χ0v) is 12.6. The molecule has 1 rings (SSSR count). The standard InChI is InChI=1S/C15H24N2O3/c1-5-17(15(18)14(16)10-19-3)11(2)12-7-6-8-13(9-12)20-4/h6-9,11,14H,5,10,16H2,1-4H3. The summed E-state index contributed by atoms with van der Waals surface area (Å²) in [5, 5.41) is 0. The fourth-order valence-electron chi connectivity index (χ4n) is 2.17. The molecule has 0 heterocycles. The third-order valence-electron chi connectivity index (χ3n) is 3.33. The Morgan fingerprint density at radius 3 is 2.65 bits per heavy atom. The van der Waals surface area contributed by atoms with Crippen LogP contribution in [0.4, 0.5) is 0 Å². The third-order valence-corrected chi connectivity index (χ3v) is 3.33. The molecule has 5 heteroatoms. The lowest BCUT2D eigenvalue weighted by Crippen LogP contribution is -2.46. The van der Waals surface area contributed by atoms with Crippen LogP contribution >= 0.6 is 0 Å². The molecular formula is C15H24N2O3. The summed E-state index contributed by atoms with van der Waals surface area (Å²) in [4.78, 5) is 14.1. The molecule has 0 spiro atoms. The van der Waals surface area contributed by atoms with Crippen LogP contribution in [0.25, 0.3) is 0 Å². The van der Waals surface area contributed by atoms with E-state index in [1.165, 1.54) is 7.11 Å². The molecular weight excluding hydrogens is 256 g/mol. The number of hydrogen-bond donors (Lipinski definition) is 1. The van der Waals surface area contributed by atoms with Gasteiger partial charge in [-0.25, -0.2) is 0 Å². The van der Waals surface area contributed by atoms with Gasteiger partial charge in [-0.3, -0.25) is 4.79 Å². The van der Waals surface area contributed by atoms with E-state index in [1.54, 1.807) is 12.0 Å². The van der Waals surface area contributed by atoms with Gasteiger partial charge < -0.3 is 20.1 Å². The number of amides is 1. The predicted octanol–water partition coefficient (Wildman–Crippen LogP) is 1.58. The summed E-state index contributed by atoms with van der Waals surface area (Å²) >= 11 is 0. The molecule has 0 aliphatic heterocycles. The number of nitrogens with zero attached hydrogens (tertiary/aromatic N) is 1. The number of likely N-dealkylation sites (N-methyl/N-ethyl adjacent to an activating group) is 1. The molecule has 1 aromatic carbocycles. The predicted molar refractivity (Wildman–Crippen MR) is 78.6 cm³/mol. The highest BCUT2D eigenvalue weighted by Crippen LogP contribution is 2.24. The summed E-state index contributed by atoms with van der Waals surface area (Å²) in [5.74, 6) is 0.670. The van der Waals surface area contributed by atoms with Gasteiger partial charge in [0.2, 0.25) is 5.91 Å². The number of ether oxygens (including phenoxy) is 2. The van der Waals surface area contributed by atoms with E-state index in [-0.39, 0.29) is 18.6 Å². The van der Waals surface area contributed by atoms with E-state index in [4.69, 9.17) is 15.2 Å². The summed E-state index contributed by atoms with van der Waals surface area (Å²) in [5.41, 5.74) is 6.85. The maximum absolute atomic E-state index is 12.3. The first-order chi connectivity index (χ1) is 9.54. The molecule has 1 aromatic rings. The van der Waals surface area contributed by atoms with Gasteiger partial charge in [0.05, 0.1) is 19.8 Å². The molecule has 0 aliphatic rings. The normalized spacial score (nSPS) is 13.7. The van der Waals surface area contributed by atoms with Crippen LogP contribution in [0.2, 0.25) is 0 Å². The number of carbonyl (C=O) groups excluding carboxylic acids is 1. The number of nitrogens with two attached hydrogens (primary N) is 1. The highest BCUT2D eigenvalue weighted by atomic mass is 16.5. The molecule has 2 N–H and O–H groups in total. The summed E-state index contributed by atoms with van der Waals surface area (Å²) in [6, 6.07) is 7.01. The Morgan fingerprint density at radius 2 is 2.10 bits per heavy atom. The number of carbonyl (C=O) groups is 1. The lowest BCUT2D eigenvalue weighted by Gasteiger charge is -2.30. The first-order valence-electron chi connectivity index (χ1n) is 6.74. The van der Waals surface area contributed by atoms with Crippen molar-refractivity contribution in [2.24, 2.45) is 5.73 Å². The second-order valence-corrected chi connectivity index (χ2v) is 4.64. The van der Waals surface area contributed by atoms with Crippen molar-refractivity contribution in [3.63, 3.8) is 0 Å². The molecule has 112 valence electrons. The van der Waals surface area contributed by atoms with Gasteiger partial charge in [-0.1, -0.05) is 12.1 Å². The SMILES string of the molecule is CCN(C(=O)C(N)COC)C(C)c1cccc(OC)c1. The molecule has 20 heavy (non-hydrogen) atoms. The quantitative estimate of drug-likeness (QED) is 0.823. The number of rotatable bonds is 7. The Balaban J connectivity index is 2.90. The lowest BCUT2D eigenvalue weighted by molar-refractivity contribution is -0.135. The van der Waals surface area contributed by atoms with Crippen molar-refractivity contribution >= 4 is 5.91 Å². The van der Waals surface area contributed by atoms with Crippen LogP contribution in [0.15, 0.2) is 24.3 Å². The van der Waals surface area contributed by atoms with Crippen molar-refractivity contribution in [2.45, 2.75) is 25.9 Å². The molecule has 0 fully saturated rings. The van der Waals surface area contributed by atoms with Crippen molar-refractivity contribution in [1.82, 2.24) is 4.90 Å². The average molecular weight is 280 g/mol. The summed E-state index contributed by atoms with van der Waals surface area (Å²) in [7, 11) is 3.16. The molecule has 5 nitrogen and oxygen atoms in total. The molecule has 2 unspecified atom stereocenters. The minimum absolute atomic E-state index is 0.0643. The van der Waals surface area contributed by atoms with Gasteiger partial charge in [-0.2, -0.15) is 0 Å². The van der Waals surface area contributed by atoms with Crippen molar-refractivity contribution in [3.8, 4) is 5.75 Å². The van der Waals surface area contributed by atoms with Gasteiger partial charge >= 0.3 is 0 Å².